The number of allylic oxidation sites excluding steroid dienone is 1. The van der Waals surface area contributed by atoms with Crippen molar-refractivity contribution in [2.75, 3.05) is 12.0 Å². The van der Waals surface area contributed by atoms with Crippen molar-refractivity contribution in [2.45, 2.75) is 24.8 Å². The Morgan fingerprint density at radius 1 is 1.21 bits per heavy atom. The van der Waals surface area contributed by atoms with Crippen LogP contribution in [0.5, 0.6) is 0 Å². The minimum absolute atomic E-state index is 0.221. The summed E-state index contributed by atoms with van der Waals surface area (Å²) in [5.41, 5.74) is 2.36. The first kappa shape index (κ1) is 11.1. The number of carbonyl (C=O) groups excluding carboxylic acids is 1. The maximum absolute atomic E-state index is 12.2. The third kappa shape index (κ3) is 1.36. The Kier molecular flexibility index (Phi) is 2.25. The van der Waals surface area contributed by atoms with Gasteiger partial charge in [-0.3, -0.25) is 4.90 Å². The van der Waals surface area contributed by atoms with E-state index in [1.807, 2.05) is 17.0 Å². The number of ether oxygens (including phenoxy) is 1. The molecule has 0 aromatic heterocycles. The molecule has 0 saturated heterocycles. The van der Waals surface area contributed by atoms with Crippen LogP contribution in [-0.2, 0) is 4.74 Å². The number of amides is 1. The molecule has 1 fully saturated rings. The fourth-order valence-electron chi connectivity index (χ4n) is 4.20. The number of hydrogen-bond donors (Lipinski definition) is 0. The lowest BCUT2D eigenvalue weighted by Crippen LogP contribution is -2.48. The topological polar surface area (TPSA) is 29.5 Å². The Balaban J connectivity index is 1.88. The van der Waals surface area contributed by atoms with Crippen LogP contribution in [0.1, 0.15) is 24.3 Å². The van der Waals surface area contributed by atoms with Crippen molar-refractivity contribution in [3.05, 3.63) is 42.0 Å². The van der Waals surface area contributed by atoms with Crippen LogP contribution in [0, 0.1) is 11.8 Å². The molecule has 1 aromatic rings. The zero-order chi connectivity index (χ0) is 13.0. The highest BCUT2D eigenvalue weighted by atomic mass is 16.5. The van der Waals surface area contributed by atoms with Crippen molar-refractivity contribution in [2.24, 2.45) is 11.8 Å². The third-order valence-electron chi connectivity index (χ3n) is 4.93. The molecule has 1 aromatic carbocycles. The third-order valence-corrected chi connectivity index (χ3v) is 4.93. The molecular formula is C16H17NO2. The fraction of sp³-hybridized carbons (Fsp3) is 0.438. The fourth-order valence-corrected chi connectivity index (χ4v) is 4.20. The molecule has 1 heterocycles. The molecule has 0 N–H and O–H groups in total. The lowest BCUT2D eigenvalue weighted by molar-refractivity contribution is 0.165. The molecule has 0 radical (unpaired) electrons. The van der Waals surface area contributed by atoms with E-state index in [4.69, 9.17) is 4.74 Å². The summed E-state index contributed by atoms with van der Waals surface area (Å²) >= 11 is 0. The number of para-hydroxylation sites is 1. The van der Waals surface area contributed by atoms with Crippen molar-refractivity contribution in [3.63, 3.8) is 0 Å². The second-order valence-electron chi connectivity index (χ2n) is 5.71. The molecule has 3 nitrogen and oxygen atoms in total. The second-order valence-corrected chi connectivity index (χ2v) is 5.71. The molecule has 4 atom stereocenters. The van der Waals surface area contributed by atoms with Gasteiger partial charge in [-0.25, -0.2) is 4.79 Å². The van der Waals surface area contributed by atoms with Gasteiger partial charge >= 0.3 is 6.09 Å². The molecule has 5 rings (SSSR count). The van der Waals surface area contributed by atoms with Crippen LogP contribution in [-0.4, -0.2) is 19.2 Å². The summed E-state index contributed by atoms with van der Waals surface area (Å²) in [5.74, 6) is 1.51. The van der Waals surface area contributed by atoms with Gasteiger partial charge in [0, 0.05) is 5.92 Å². The van der Waals surface area contributed by atoms with Gasteiger partial charge in [0.15, 0.2) is 0 Å². The van der Waals surface area contributed by atoms with E-state index in [0.717, 1.165) is 5.69 Å². The Hall–Kier alpha value is -1.77. The predicted molar refractivity (Wildman–Crippen MR) is 73.2 cm³/mol. The first-order valence-electron chi connectivity index (χ1n) is 6.95. The molecular weight excluding hydrogens is 238 g/mol. The Labute approximate surface area is 112 Å². The monoisotopic (exact) mass is 255 g/mol. The zero-order valence-corrected chi connectivity index (χ0v) is 11.0. The average molecular weight is 255 g/mol. The van der Waals surface area contributed by atoms with Gasteiger partial charge in [0.25, 0.3) is 0 Å². The molecule has 3 heteroatoms. The minimum atomic E-state index is -0.221. The van der Waals surface area contributed by atoms with E-state index in [1.165, 1.54) is 25.5 Å². The van der Waals surface area contributed by atoms with E-state index in [1.54, 1.807) is 0 Å². The number of nitrogens with zero attached hydrogens (tertiary/aromatic N) is 1. The van der Waals surface area contributed by atoms with Crippen molar-refractivity contribution in [1.29, 1.82) is 0 Å². The number of methoxy groups -OCH3 is 1. The van der Waals surface area contributed by atoms with Gasteiger partial charge in [0.1, 0.15) is 0 Å². The van der Waals surface area contributed by atoms with Crippen LogP contribution in [0.3, 0.4) is 0 Å². The highest BCUT2D eigenvalue weighted by Gasteiger charge is 2.51. The number of hydrogen-bond acceptors (Lipinski definition) is 2. The largest absolute Gasteiger partial charge is 0.452 e. The molecule has 19 heavy (non-hydrogen) atoms. The van der Waals surface area contributed by atoms with Gasteiger partial charge in [-0.1, -0.05) is 30.4 Å². The van der Waals surface area contributed by atoms with Crippen LogP contribution in [0.4, 0.5) is 10.5 Å². The van der Waals surface area contributed by atoms with Crippen LogP contribution in [0.25, 0.3) is 0 Å². The summed E-state index contributed by atoms with van der Waals surface area (Å²) in [6.45, 7) is 0. The summed E-state index contributed by atoms with van der Waals surface area (Å²) in [4.78, 5) is 14.1. The summed E-state index contributed by atoms with van der Waals surface area (Å²) < 4.78 is 5.01. The maximum Gasteiger partial charge on any atom is 0.414 e. The summed E-state index contributed by atoms with van der Waals surface area (Å²) in [6, 6.07) is 8.55. The molecule has 3 aliphatic carbocycles. The second kappa shape index (κ2) is 3.86. The van der Waals surface area contributed by atoms with Crippen molar-refractivity contribution < 1.29 is 9.53 Å². The van der Waals surface area contributed by atoms with Crippen molar-refractivity contribution >= 4 is 11.8 Å². The zero-order valence-electron chi connectivity index (χ0n) is 11.0. The van der Waals surface area contributed by atoms with E-state index >= 15 is 0 Å². The van der Waals surface area contributed by atoms with Crippen LogP contribution in [0.15, 0.2) is 36.4 Å². The average Bonchev–Trinajstić information content (AvgIpc) is 2.85. The molecule has 4 aliphatic rings. The number of benzene rings is 1. The van der Waals surface area contributed by atoms with Crippen LogP contribution < -0.4 is 4.90 Å². The van der Waals surface area contributed by atoms with E-state index in [0.29, 0.717) is 17.8 Å². The van der Waals surface area contributed by atoms with Gasteiger partial charge < -0.3 is 4.74 Å². The van der Waals surface area contributed by atoms with E-state index in [-0.39, 0.29) is 12.1 Å². The van der Waals surface area contributed by atoms with E-state index < -0.39 is 0 Å². The number of fused-ring (bicyclic) bond motifs is 2. The first-order valence-corrected chi connectivity index (χ1v) is 6.95. The smallest absolute Gasteiger partial charge is 0.414 e. The lowest BCUT2D eigenvalue weighted by atomic mass is 9.65. The summed E-state index contributed by atoms with van der Waals surface area (Å²) in [7, 11) is 1.47. The Morgan fingerprint density at radius 2 is 1.95 bits per heavy atom. The van der Waals surface area contributed by atoms with Crippen LogP contribution in [0.2, 0.25) is 0 Å². The van der Waals surface area contributed by atoms with Crippen molar-refractivity contribution in [1.82, 2.24) is 0 Å². The van der Waals surface area contributed by atoms with E-state index in [9.17, 15) is 4.79 Å². The number of carbonyl (C=O) groups is 1. The molecule has 2 bridgehead atoms. The number of rotatable bonds is 0. The Morgan fingerprint density at radius 3 is 2.68 bits per heavy atom. The van der Waals surface area contributed by atoms with Gasteiger partial charge in [0.05, 0.1) is 18.8 Å². The molecule has 98 valence electrons. The predicted octanol–water partition coefficient (Wildman–Crippen LogP) is 3.32. The van der Waals surface area contributed by atoms with Gasteiger partial charge in [-0.15, -0.1) is 0 Å². The van der Waals surface area contributed by atoms with Gasteiger partial charge in [-0.2, -0.15) is 0 Å². The number of anilines is 1. The van der Waals surface area contributed by atoms with Crippen molar-refractivity contribution in [3.8, 4) is 0 Å². The molecule has 2 unspecified atom stereocenters. The highest BCUT2D eigenvalue weighted by Crippen LogP contribution is 2.55. The van der Waals surface area contributed by atoms with E-state index in [2.05, 4.69) is 24.3 Å². The first-order chi connectivity index (χ1) is 9.31. The molecule has 0 spiro atoms. The standard InChI is InChI=1S/C16H17NO2/c1-19-16(18)17-13-5-3-2-4-12(13)14-10-6-8-11(9-7-10)15(14)17/h2-6,8,10-11,14-15H,7,9H2,1H3/t10-,11+,14?,15?/m0/s1. The van der Waals surface area contributed by atoms with Gasteiger partial charge in [-0.05, 0) is 36.3 Å². The van der Waals surface area contributed by atoms with Crippen LogP contribution >= 0.6 is 0 Å². The lowest BCUT2D eigenvalue weighted by Gasteiger charge is -2.44. The van der Waals surface area contributed by atoms with Gasteiger partial charge in [0.2, 0.25) is 0 Å². The quantitative estimate of drug-likeness (QED) is 0.665. The Bertz CT molecular complexity index is 566. The molecule has 1 saturated carbocycles. The maximum atomic E-state index is 12.2. The summed E-state index contributed by atoms with van der Waals surface area (Å²) in [5, 5.41) is 0. The summed E-state index contributed by atoms with van der Waals surface area (Å²) in [6.07, 6.45) is 6.86. The SMILES string of the molecule is COC(=O)N1c2ccccc2C2C1[C@@H]1C=C[C@H]2CC1. The minimum Gasteiger partial charge on any atom is -0.452 e. The molecule has 1 aliphatic heterocycles. The highest BCUT2D eigenvalue weighted by molar-refractivity contribution is 5.92. The normalized spacial score (nSPS) is 34.1. The molecule has 1 amide bonds.